The molecule has 0 radical (unpaired) electrons. The summed E-state index contributed by atoms with van der Waals surface area (Å²) >= 11 is 0. The van der Waals surface area contributed by atoms with Gasteiger partial charge in [-0.1, -0.05) is 13.8 Å². The molecule has 0 spiro atoms. The van der Waals surface area contributed by atoms with Crippen LogP contribution in [0, 0.1) is 5.92 Å². The van der Waals surface area contributed by atoms with Crippen LogP contribution >= 0.6 is 0 Å². The largest absolute Gasteiger partial charge is 1.00 e. The molecular formula is C5H11O2+. The molecule has 2 heteroatoms. The number of hydrogen-bond donors (Lipinski definition) is 0. The highest BCUT2D eigenvalue weighted by Gasteiger charge is 2.03. The van der Waals surface area contributed by atoms with Crippen LogP contribution in [0.5, 0.6) is 0 Å². The molecule has 0 aliphatic heterocycles. The average Bonchev–Trinajstić information content (AvgIpc) is 1.65. The summed E-state index contributed by atoms with van der Waals surface area (Å²) in [4.78, 5) is 10.3. The number of hydrogen-bond acceptors (Lipinski definition) is 2. The van der Waals surface area contributed by atoms with Gasteiger partial charge in [-0.05, 0) is 0 Å². The van der Waals surface area contributed by atoms with E-state index in [1.807, 2.05) is 0 Å². The fraction of sp³-hybridized carbons (Fsp3) is 0.800. The molecule has 0 unspecified atom stereocenters. The molecular weight excluding hydrogens is 92.1 g/mol. The second kappa shape index (κ2) is 2.61. The molecule has 0 aromatic heterocycles. The van der Waals surface area contributed by atoms with Crippen molar-refractivity contribution in [3.05, 3.63) is 0 Å². The van der Waals surface area contributed by atoms with E-state index in [4.69, 9.17) is 0 Å². The van der Waals surface area contributed by atoms with E-state index in [9.17, 15) is 4.79 Å². The molecule has 2 nitrogen and oxygen atoms in total. The molecule has 0 bridgehead atoms. The Hall–Kier alpha value is -0.530. The molecule has 0 amide bonds. The Morgan fingerprint density at radius 3 is 2.14 bits per heavy atom. The molecule has 0 aliphatic rings. The lowest BCUT2D eigenvalue weighted by atomic mass is 10.2. The second-order valence-corrected chi connectivity index (χ2v) is 1.68. The second-order valence-electron chi connectivity index (χ2n) is 1.68. The van der Waals surface area contributed by atoms with Crippen molar-refractivity contribution in [2.45, 2.75) is 13.8 Å². The Morgan fingerprint density at radius 2 is 2.14 bits per heavy atom. The van der Waals surface area contributed by atoms with Gasteiger partial charge in [0, 0.05) is 0 Å². The van der Waals surface area contributed by atoms with Crippen LogP contribution in [0.15, 0.2) is 0 Å². The van der Waals surface area contributed by atoms with Gasteiger partial charge in [-0.15, -0.1) is 0 Å². The highest BCUT2D eigenvalue weighted by Crippen LogP contribution is 1.91. The molecule has 42 valence electrons. The molecule has 0 aromatic carbocycles. The molecule has 0 saturated carbocycles. The van der Waals surface area contributed by atoms with Gasteiger partial charge in [-0.2, -0.15) is 0 Å². The number of ether oxygens (including phenoxy) is 1. The first kappa shape index (κ1) is 6.47. The Bertz CT molecular complexity index is 70.8. The summed E-state index contributed by atoms with van der Waals surface area (Å²) in [5.41, 5.74) is 0. The van der Waals surface area contributed by atoms with Crippen molar-refractivity contribution in [2.24, 2.45) is 5.92 Å². The van der Waals surface area contributed by atoms with Crippen molar-refractivity contribution < 1.29 is 11.0 Å². The van der Waals surface area contributed by atoms with E-state index < -0.39 is 0 Å². The number of rotatable bonds is 1. The van der Waals surface area contributed by atoms with Gasteiger partial charge in [0.1, 0.15) is 0 Å². The van der Waals surface area contributed by atoms with E-state index in [-0.39, 0.29) is 13.3 Å². The van der Waals surface area contributed by atoms with Gasteiger partial charge in [-0.25, -0.2) is 0 Å². The fourth-order valence-electron chi connectivity index (χ4n) is 0.236. The normalized spacial score (nSPS) is 9.14. The molecule has 0 aliphatic carbocycles. The SMILES string of the molecule is COC(=O)C(C)C.[H+]. The predicted molar refractivity (Wildman–Crippen MR) is 28.0 cm³/mol. The molecule has 0 fully saturated rings. The zero-order valence-corrected chi connectivity index (χ0v) is 4.89. The van der Waals surface area contributed by atoms with E-state index >= 15 is 0 Å². The van der Waals surface area contributed by atoms with Crippen LogP contribution in [0.2, 0.25) is 0 Å². The maximum absolute atomic E-state index is 10.3. The molecule has 7 heavy (non-hydrogen) atoms. The van der Waals surface area contributed by atoms with Crippen LogP contribution in [0.1, 0.15) is 15.3 Å². The van der Waals surface area contributed by atoms with E-state index in [0.29, 0.717) is 0 Å². The fourth-order valence-corrected chi connectivity index (χ4v) is 0.236. The van der Waals surface area contributed by atoms with Crippen LogP contribution in [0.25, 0.3) is 0 Å². The highest BCUT2D eigenvalue weighted by molar-refractivity contribution is 5.71. The Balaban J connectivity index is 0. The Morgan fingerprint density at radius 1 is 1.71 bits per heavy atom. The summed E-state index contributed by atoms with van der Waals surface area (Å²) in [5, 5.41) is 0. The first-order chi connectivity index (χ1) is 3.18. The molecule has 0 rings (SSSR count). The molecule has 0 N–H and O–H groups in total. The van der Waals surface area contributed by atoms with E-state index in [2.05, 4.69) is 4.74 Å². The van der Waals surface area contributed by atoms with E-state index in [1.165, 1.54) is 7.11 Å². The molecule has 0 aromatic rings. The van der Waals surface area contributed by atoms with E-state index in [0.717, 1.165) is 0 Å². The quantitative estimate of drug-likeness (QED) is 0.461. The summed E-state index contributed by atoms with van der Waals surface area (Å²) in [6, 6.07) is 0. The minimum absolute atomic E-state index is 0. The van der Waals surface area contributed by atoms with Gasteiger partial charge in [-0.3, -0.25) is 4.79 Å². The topological polar surface area (TPSA) is 26.3 Å². The van der Waals surface area contributed by atoms with Crippen LogP contribution in [0.3, 0.4) is 0 Å². The Kier molecular flexibility index (Phi) is 2.41. The smallest absolute Gasteiger partial charge is 0.469 e. The summed E-state index contributed by atoms with van der Waals surface area (Å²) < 4.78 is 4.37. The summed E-state index contributed by atoms with van der Waals surface area (Å²) in [6.07, 6.45) is 0. The maximum atomic E-state index is 10.3. The number of methoxy groups -OCH3 is 1. The first-order valence-corrected chi connectivity index (χ1v) is 2.26. The summed E-state index contributed by atoms with van der Waals surface area (Å²) in [5.74, 6) is -0.148. The monoisotopic (exact) mass is 103 g/mol. The van der Waals surface area contributed by atoms with Crippen LogP contribution in [-0.2, 0) is 9.53 Å². The zero-order chi connectivity index (χ0) is 5.86. The van der Waals surface area contributed by atoms with Crippen molar-refractivity contribution in [2.75, 3.05) is 7.11 Å². The molecule has 0 saturated heterocycles. The van der Waals surface area contributed by atoms with Crippen LogP contribution in [0.4, 0.5) is 0 Å². The zero-order valence-electron chi connectivity index (χ0n) is 5.89. The lowest BCUT2D eigenvalue weighted by Crippen LogP contribution is -2.07. The van der Waals surface area contributed by atoms with Crippen molar-refractivity contribution in [3.63, 3.8) is 0 Å². The average molecular weight is 103 g/mol. The molecule has 0 atom stereocenters. The van der Waals surface area contributed by atoms with Gasteiger partial charge < -0.3 is 4.74 Å². The number of esters is 1. The third kappa shape index (κ3) is 2.20. The van der Waals surface area contributed by atoms with Gasteiger partial charge >= 0.3 is 7.40 Å². The van der Waals surface area contributed by atoms with Crippen LogP contribution < -0.4 is 0 Å². The standard InChI is InChI=1S/C5H10O2/c1-4(2)5(6)7-3/h4H,1-3H3/p+1. The van der Waals surface area contributed by atoms with Crippen LogP contribution in [-0.4, -0.2) is 13.1 Å². The third-order valence-corrected chi connectivity index (χ3v) is 0.673. The number of carbonyl (C=O) groups excluding carboxylic acids is 1. The maximum Gasteiger partial charge on any atom is 1.00 e. The van der Waals surface area contributed by atoms with E-state index in [1.54, 1.807) is 13.8 Å². The minimum Gasteiger partial charge on any atom is -0.469 e. The van der Waals surface area contributed by atoms with Gasteiger partial charge in [0.2, 0.25) is 0 Å². The lowest BCUT2D eigenvalue weighted by molar-refractivity contribution is -0.144. The van der Waals surface area contributed by atoms with Crippen molar-refractivity contribution in [1.29, 1.82) is 0 Å². The van der Waals surface area contributed by atoms with Crippen molar-refractivity contribution in [1.82, 2.24) is 0 Å². The third-order valence-electron chi connectivity index (χ3n) is 0.673. The minimum atomic E-state index is -0.153. The Labute approximate surface area is 45.0 Å². The van der Waals surface area contributed by atoms with Gasteiger partial charge in [0.05, 0.1) is 13.0 Å². The van der Waals surface area contributed by atoms with Crippen molar-refractivity contribution in [3.8, 4) is 0 Å². The van der Waals surface area contributed by atoms with Gasteiger partial charge in [0.25, 0.3) is 0 Å². The lowest BCUT2D eigenvalue weighted by Gasteiger charge is -1.97. The molecule has 0 heterocycles. The summed E-state index contributed by atoms with van der Waals surface area (Å²) in [6.45, 7) is 3.59. The number of carbonyl (C=O) groups is 1. The van der Waals surface area contributed by atoms with Gasteiger partial charge in [0.15, 0.2) is 0 Å². The van der Waals surface area contributed by atoms with Crippen molar-refractivity contribution >= 4 is 5.97 Å². The first-order valence-electron chi connectivity index (χ1n) is 2.26. The highest BCUT2D eigenvalue weighted by atomic mass is 16.5. The summed E-state index contributed by atoms with van der Waals surface area (Å²) in [7, 11) is 1.39. The predicted octanol–water partition coefficient (Wildman–Crippen LogP) is 0.928.